The fraction of sp³-hybridized carbons (Fsp3) is 0.421. The van der Waals surface area contributed by atoms with E-state index in [0.29, 0.717) is 12.5 Å². The van der Waals surface area contributed by atoms with Gasteiger partial charge in [0.1, 0.15) is 0 Å². The van der Waals surface area contributed by atoms with Crippen molar-refractivity contribution < 1.29 is 4.79 Å². The van der Waals surface area contributed by atoms with Gasteiger partial charge in [0, 0.05) is 6.04 Å². The normalized spacial score (nSPS) is 17.2. The number of fused-ring (bicyclic) bond motifs is 1. The Hall–Kier alpha value is -1.87. The first-order valence-electron chi connectivity index (χ1n) is 8.18. The number of hydrogen-bond acceptors (Lipinski definition) is 2. The zero-order valence-corrected chi connectivity index (χ0v) is 13.3. The summed E-state index contributed by atoms with van der Waals surface area (Å²) in [7, 11) is 0. The molecule has 0 bridgehead atoms. The molecule has 1 fully saturated rings. The molecule has 0 heterocycles. The van der Waals surface area contributed by atoms with E-state index in [0.717, 1.165) is 12.8 Å². The molecule has 0 radical (unpaired) electrons. The van der Waals surface area contributed by atoms with Crippen LogP contribution in [-0.2, 0) is 4.79 Å². The number of carbonyl (C=O) groups is 1. The average Bonchev–Trinajstić information content (AvgIpc) is 3.38. The van der Waals surface area contributed by atoms with Gasteiger partial charge in [-0.25, -0.2) is 0 Å². The lowest BCUT2D eigenvalue weighted by molar-refractivity contribution is -0.135. The molecular weight excluding hydrogens is 272 g/mol. The molecule has 1 saturated carbocycles. The van der Waals surface area contributed by atoms with Gasteiger partial charge < -0.3 is 10.6 Å². The summed E-state index contributed by atoms with van der Waals surface area (Å²) >= 11 is 0. The average molecular weight is 296 g/mol. The van der Waals surface area contributed by atoms with Gasteiger partial charge in [0.25, 0.3) is 0 Å². The maximum absolute atomic E-state index is 12.6. The van der Waals surface area contributed by atoms with Crippen molar-refractivity contribution in [2.75, 3.05) is 0 Å². The molecule has 2 atom stereocenters. The monoisotopic (exact) mass is 296 g/mol. The number of benzene rings is 2. The van der Waals surface area contributed by atoms with Crippen LogP contribution in [-0.4, -0.2) is 22.9 Å². The van der Waals surface area contributed by atoms with E-state index in [9.17, 15) is 4.79 Å². The number of rotatable bonds is 5. The molecule has 0 aromatic heterocycles. The fourth-order valence-electron chi connectivity index (χ4n) is 3.03. The summed E-state index contributed by atoms with van der Waals surface area (Å²) in [5.74, 6) is 0.0886. The van der Waals surface area contributed by atoms with Crippen molar-refractivity contribution in [3.05, 3.63) is 48.0 Å². The molecule has 116 valence electrons. The Morgan fingerprint density at radius 1 is 1.23 bits per heavy atom. The van der Waals surface area contributed by atoms with Crippen LogP contribution in [0.4, 0.5) is 0 Å². The minimum Gasteiger partial charge on any atom is -0.332 e. The van der Waals surface area contributed by atoms with Gasteiger partial charge >= 0.3 is 0 Å². The molecule has 0 spiro atoms. The van der Waals surface area contributed by atoms with Gasteiger partial charge in [0.15, 0.2) is 0 Å². The van der Waals surface area contributed by atoms with Gasteiger partial charge in [0.05, 0.1) is 12.1 Å². The molecule has 3 heteroatoms. The first-order valence-corrected chi connectivity index (χ1v) is 8.18. The zero-order valence-electron chi connectivity index (χ0n) is 13.3. The van der Waals surface area contributed by atoms with Crippen LogP contribution in [0.1, 0.15) is 44.7 Å². The molecule has 3 nitrogen and oxygen atoms in total. The predicted octanol–water partition coefficient (Wildman–Crippen LogP) is 3.63. The largest absolute Gasteiger partial charge is 0.332 e. The summed E-state index contributed by atoms with van der Waals surface area (Å²) < 4.78 is 0. The highest BCUT2D eigenvalue weighted by molar-refractivity contribution is 5.84. The van der Waals surface area contributed by atoms with Gasteiger partial charge in [0.2, 0.25) is 5.91 Å². The Labute approximate surface area is 132 Å². The second-order valence-corrected chi connectivity index (χ2v) is 6.27. The fourth-order valence-corrected chi connectivity index (χ4v) is 3.03. The quantitative estimate of drug-likeness (QED) is 0.916. The molecule has 1 aliphatic rings. The highest BCUT2D eigenvalue weighted by atomic mass is 16.2. The third-order valence-electron chi connectivity index (χ3n) is 4.62. The highest BCUT2D eigenvalue weighted by Gasteiger charge is 2.37. The topological polar surface area (TPSA) is 46.3 Å². The Balaban J connectivity index is 1.91. The molecule has 1 aliphatic carbocycles. The van der Waals surface area contributed by atoms with Crippen LogP contribution in [0.5, 0.6) is 0 Å². The summed E-state index contributed by atoms with van der Waals surface area (Å²) in [6.07, 6.45) is 2.88. The van der Waals surface area contributed by atoms with Crippen molar-refractivity contribution in [1.82, 2.24) is 4.90 Å². The second-order valence-electron chi connectivity index (χ2n) is 6.27. The molecule has 0 saturated heterocycles. The van der Waals surface area contributed by atoms with Crippen molar-refractivity contribution in [3.8, 4) is 0 Å². The predicted molar refractivity (Wildman–Crippen MR) is 90.5 cm³/mol. The first kappa shape index (κ1) is 15.0. The second kappa shape index (κ2) is 6.09. The van der Waals surface area contributed by atoms with Crippen molar-refractivity contribution in [3.63, 3.8) is 0 Å². The Morgan fingerprint density at radius 2 is 1.91 bits per heavy atom. The van der Waals surface area contributed by atoms with Gasteiger partial charge in [-0.1, -0.05) is 43.3 Å². The lowest BCUT2D eigenvalue weighted by atomic mass is 10.0. The third kappa shape index (κ3) is 2.86. The van der Waals surface area contributed by atoms with Crippen LogP contribution in [0.2, 0.25) is 0 Å². The summed E-state index contributed by atoms with van der Waals surface area (Å²) in [6, 6.07) is 14.8. The van der Waals surface area contributed by atoms with Gasteiger partial charge in [-0.15, -0.1) is 0 Å². The minimum absolute atomic E-state index is 0.0715. The van der Waals surface area contributed by atoms with E-state index in [1.165, 1.54) is 16.3 Å². The maximum atomic E-state index is 12.6. The summed E-state index contributed by atoms with van der Waals surface area (Å²) in [4.78, 5) is 14.6. The van der Waals surface area contributed by atoms with E-state index in [1.54, 1.807) is 0 Å². The van der Waals surface area contributed by atoms with Crippen molar-refractivity contribution in [2.24, 2.45) is 5.73 Å². The smallest absolute Gasteiger partial charge is 0.240 e. The van der Waals surface area contributed by atoms with E-state index in [-0.39, 0.29) is 18.0 Å². The molecule has 2 N–H and O–H groups in total. The number of nitrogens with two attached hydrogens (primary N) is 1. The number of nitrogens with zero attached hydrogens (tertiary/aromatic N) is 1. The van der Waals surface area contributed by atoms with E-state index in [2.05, 4.69) is 37.3 Å². The molecule has 0 aliphatic heterocycles. The van der Waals surface area contributed by atoms with Gasteiger partial charge in [-0.2, -0.15) is 0 Å². The van der Waals surface area contributed by atoms with E-state index in [4.69, 9.17) is 5.73 Å². The molecule has 2 unspecified atom stereocenters. The maximum Gasteiger partial charge on any atom is 0.240 e. The standard InChI is InChI=1S/C19H24N2O/c1-3-18(20)19(22)21(17-10-11-17)13(2)15-9-8-14-6-4-5-7-16(14)12-15/h4-9,12-13,17-18H,3,10-11,20H2,1-2H3. The first-order chi connectivity index (χ1) is 10.6. The van der Waals surface area contributed by atoms with E-state index < -0.39 is 0 Å². The number of amides is 1. The van der Waals surface area contributed by atoms with Crippen LogP contribution < -0.4 is 5.73 Å². The van der Waals surface area contributed by atoms with Crippen LogP contribution in [0.25, 0.3) is 10.8 Å². The molecule has 1 amide bonds. The molecule has 22 heavy (non-hydrogen) atoms. The van der Waals surface area contributed by atoms with Crippen molar-refractivity contribution in [2.45, 2.75) is 51.2 Å². The SMILES string of the molecule is CCC(N)C(=O)N(C1CC1)C(C)c1ccc2ccccc2c1. The number of carbonyl (C=O) groups excluding carboxylic acids is 1. The third-order valence-corrected chi connectivity index (χ3v) is 4.62. The van der Waals surface area contributed by atoms with Crippen molar-refractivity contribution in [1.29, 1.82) is 0 Å². The van der Waals surface area contributed by atoms with Gasteiger partial charge in [-0.05, 0) is 48.6 Å². The lowest BCUT2D eigenvalue weighted by Gasteiger charge is -2.32. The van der Waals surface area contributed by atoms with Crippen LogP contribution in [0.3, 0.4) is 0 Å². The van der Waals surface area contributed by atoms with Crippen LogP contribution in [0, 0.1) is 0 Å². The lowest BCUT2D eigenvalue weighted by Crippen LogP contribution is -2.45. The van der Waals surface area contributed by atoms with Crippen molar-refractivity contribution >= 4 is 16.7 Å². The minimum atomic E-state index is -0.386. The Kier molecular flexibility index (Phi) is 4.16. The van der Waals surface area contributed by atoms with E-state index >= 15 is 0 Å². The van der Waals surface area contributed by atoms with E-state index in [1.807, 2.05) is 24.0 Å². The summed E-state index contributed by atoms with van der Waals surface area (Å²) in [5, 5.41) is 2.45. The van der Waals surface area contributed by atoms with Gasteiger partial charge in [-0.3, -0.25) is 4.79 Å². The number of hydrogen-bond donors (Lipinski definition) is 1. The zero-order chi connectivity index (χ0) is 15.7. The molecule has 2 aromatic rings. The highest BCUT2D eigenvalue weighted by Crippen LogP contribution is 2.35. The summed E-state index contributed by atoms with van der Waals surface area (Å²) in [5.41, 5.74) is 7.18. The Bertz CT molecular complexity index is 678. The van der Waals surface area contributed by atoms with Crippen LogP contribution in [0.15, 0.2) is 42.5 Å². The van der Waals surface area contributed by atoms with Crippen LogP contribution >= 0.6 is 0 Å². The summed E-state index contributed by atoms with van der Waals surface area (Å²) in [6.45, 7) is 4.08. The molecule has 2 aromatic carbocycles. The molecular formula is C19H24N2O. The molecule has 3 rings (SSSR count). The Morgan fingerprint density at radius 3 is 2.55 bits per heavy atom.